The lowest BCUT2D eigenvalue weighted by atomic mass is 9.99. The fourth-order valence-corrected chi connectivity index (χ4v) is 4.22. The third-order valence-electron chi connectivity index (χ3n) is 4.64. The summed E-state index contributed by atoms with van der Waals surface area (Å²) >= 11 is 1.54. The van der Waals surface area contributed by atoms with Gasteiger partial charge in [-0.1, -0.05) is 0 Å². The van der Waals surface area contributed by atoms with E-state index in [4.69, 9.17) is 0 Å². The summed E-state index contributed by atoms with van der Waals surface area (Å²) in [6.07, 6.45) is 10.1. The van der Waals surface area contributed by atoms with Gasteiger partial charge < -0.3 is 9.88 Å². The van der Waals surface area contributed by atoms with Gasteiger partial charge in [-0.2, -0.15) is 0 Å². The van der Waals surface area contributed by atoms with Gasteiger partial charge in [0.15, 0.2) is 10.8 Å². The SMILES string of the molecule is c1cn2cnnc2c(Sc2nnc([C@H]3CCCNC3)n2C2CC2)n1. The third kappa shape index (κ3) is 2.48. The second-order valence-corrected chi connectivity index (χ2v) is 7.34. The van der Waals surface area contributed by atoms with E-state index in [2.05, 4.69) is 35.3 Å². The normalized spacial score (nSPS) is 21.4. The molecule has 0 bridgehead atoms. The summed E-state index contributed by atoms with van der Waals surface area (Å²) in [6.45, 7) is 2.10. The van der Waals surface area contributed by atoms with Crippen molar-refractivity contribution < 1.29 is 0 Å². The summed E-state index contributed by atoms with van der Waals surface area (Å²) in [4.78, 5) is 4.46. The fraction of sp³-hybridized carbons (Fsp3) is 0.533. The van der Waals surface area contributed by atoms with Crippen LogP contribution in [-0.2, 0) is 0 Å². The van der Waals surface area contributed by atoms with Crippen molar-refractivity contribution in [1.82, 2.24) is 39.7 Å². The first-order valence-electron chi connectivity index (χ1n) is 8.38. The Morgan fingerprint density at radius 1 is 1.17 bits per heavy atom. The highest BCUT2D eigenvalue weighted by atomic mass is 32.2. The van der Waals surface area contributed by atoms with E-state index >= 15 is 0 Å². The lowest BCUT2D eigenvalue weighted by molar-refractivity contribution is 0.428. The minimum absolute atomic E-state index is 0.457. The maximum Gasteiger partial charge on any atom is 0.197 e. The van der Waals surface area contributed by atoms with Gasteiger partial charge >= 0.3 is 0 Å². The predicted octanol–water partition coefficient (Wildman–Crippen LogP) is 1.67. The van der Waals surface area contributed by atoms with E-state index in [-0.39, 0.29) is 0 Å². The first-order chi connectivity index (χ1) is 11.9. The molecule has 4 heterocycles. The van der Waals surface area contributed by atoms with Crippen LogP contribution in [0.3, 0.4) is 0 Å². The zero-order valence-electron chi connectivity index (χ0n) is 13.2. The van der Waals surface area contributed by atoms with E-state index in [0.717, 1.165) is 34.7 Å². The Morgan fingerprint density at radius 2 is 2.12 bits per heavy atom. The molecule has 0 aromatic carbocycles. The van der Waals surface area contributed by atoms with Gasteiger partial charge in [-0.15, -0.1) is 20.4 Å². The van der Waals surface area contributed by atoms with Crippen LogP contribution in [0.5, 0.6) is 0 Å². The highest BCUT2D eigenvalue weighted by Gasteiger charge is 2.33. The molecule has 2 aliphatic rings. The van der Waals surface area contributed by atoms with E-state index in [1.54, 1.807) is 12.5 Å². The monoisotopic (exact) mass is 342 g/mol. The Balaban J connectivity index is 1.51. The molecule has 0 amide bonds. The second-order valence-electron chi connectivity index (χ2n) is 6.38. The molecule has 0 unspecified atom stereocenters. The largest absolute Gasteiger partial charge is 0.316 e. The van der Waals surface area contributed by atoms with Crippen LogP contribution < -0.4 is 5.32 Å². The molecule has 1 N–H and O–H groups in total. The quantitative estimate of drug-likeness (QED) is 0.772. The lowest BCUT2D eigenvalue weighted by Gasteiger charge is -2.22. The van der Waals surface area contributed by atoms with Gasteiger partial charge in [0.25, 0.3) is 0 Å². The van der Waals surface area contributed by atoms with Crippen molar-refractivity contribution in [3.8, 4) is 0 Å². The molecule has 5 rings (SSSR count). The molecule has 3 aromatic heterocycles. The standard InChI is InChI=1S/C15H18N8S/c1-2-10(8-16-5-1)12-20-21-15(23(12)11-3-4-11)24-14-13-19-18-9-22(13)7-6-17-14/h6-7,9-11,16H,1-5,8H2/t10-/m0/s1. The van der Waals surface area contributed by atoms with Gasteiger partial charge in [-0.25, -0.2) is 4.98 Å². The minimum atomic E-state index is 0.457. The van der Waals surface area contributed by atoms with Gasteiger partial charge in [-0.3, -0.25) is 4.40 Å². The maximum absolute atomic E-state index is 4.55. The van der Waals surface area contributed by atoms with Crippen molar-refractivity contribution in [2.45, 2.75) is 47.8 Å². The number of rotatable bonds is 4. The number of hydrogen-bond donors (Lipinski definition) is 1. The van der Waals surface area contributed by atoms with Crippen LogP contribution >= 0.6 is 11.8 Å². The smallest absolute Gasteiger partial charge is 0.197 e. The number of hydrogen-bond acceptors (Lipinski definition) is 7. The zero-order valence-corrected chi connectivity index (χ0v) is 14.0. The predicted molar refractivity (Wildman–Crippen MR) is 88.0 cm³/mol. The van der Waals surface area contributed by atoms with Crippen molar-refractivity contribution in [3.05, 3.63) is 24.5 Å². The number of aromatic nitrogens is 7. The van der Waals surface area contributed by atoms with Crippen LogP contribution in [-0.4, -0.2) is 47.4 Å². The summed E-state index contributed by atoms with van der Waals surface area (Å²) in [7, 11) is 0. The molecule has 3 aromatic rings. The molecular formula is C15H18N8S. The molecule has 1 saturated carbocycles. The van der Waals surface area contributed by atoms with Crippen LogP contribution in [0.4, 0.5) is 0 Å². The second kappa shape index (κ2) is 5.82. The summed E-state index contributed by atoms with van der Waals surface area (Å²) in [5.74, 6) is 1.58. The van der Waals surface area contributed by atoms with Crippen molar-refractivity contribution in [2.75, 3.05) is 13.1 Å². The molecule has 1 aliphatic heterocycles. The third-order valence-corrected chi connectivity index (χ3v) is 5.58. The van der Waals surface area contributed by atoms with E-state index in [1.165, 1.54) is 37.4 Å². The van der Waals surface area contributed by atoms with E-state index in [9.17, 15) is 0 Å². The molecule has 1 saturated heterocycles. The Kier molecular flexibility index (Phi) is 3.48. The summed E-state index contributed by atoms with van der Waals surface area (Å²) in [5.41, 5.74) is 0.758. The summed E-state index contributed by atoms with van der Waals surface area (Å²) in [5, 5.41) is 22.4. The van der Waals surface area contributed by atoms with Gasteiger partial charge in [0.2, 0.25) is 0 Å². The molecule has 24 heavy (non-hydrogen) atoms. The molecule has 8 nitrogen and oxygen atoms in total. The van der Waals surface area contributed by atoms with Crippen molar-refractivity contribution in [1.29, 1.82) is 0 Å². The first kappa shape index (κ1) is 14.4. The molecule has 2 fully saturated rings. The number of fused-ring (bicyclic) bond motifs is 1. The van der Waals surface area contributed by atoms with Crippen LogP contribution in [0, 0.1) is 0 Å². The Bertz CT molecular complexity index is 861. The van der Waals surface area contributed by atoms with Crippen LogP contribution in [0.2, 0.25) is 0 Å². The average molecular weight is 342 g/mol. The molecule has 0 radical (unpaired) electrons. The van der Waals surface area contributed by atoms with Gasteiger partial charge in [0.05, 0.1) is 0 Å². The van der Waals surface area contributed by atoms with E-state index in [1.807, 2.05) is 10.6 Å². The number of nitrogens with zero attached hydrogens (tertiary/aromatic N) is 7. The minimum Gasteiger partial charge on any atom is -0.316 e. The van der Waals surface area contributed by atoms with Gasteiger partial charge in [0.1, 0.15) is 17.2 Å². The number of nitrogens with one attached hydrogen (secondary N) is 1. The van der Waals surface area contributed by atoms with E-state index < -0.39 is 0 Å². The summed E-state index contributed by atoms with van der Waals surface area (Å²) < 4.78 is 4.21. The van der Waals surface area contributed by atoms with Gasteiger partial charge in [-0.05, 0) is 44.0 Å². The van der Waals surface area contributed by atoms with Crippen LogP contribution in [0.1, 0.15) is 43.5 Å². The number of piperidine rings is 1. The summed E-state index contributed by atoms with van der Waals surface area (Å²) in [6, 6.07) is 0.539. The zero-order chi connectivity index (χ0) is 15.9. The topological polar surface area (TPSA) is 85.8 Å². The highest BCUT2D eigenvalue weighted by molar-refractivity contribution is 7.99. The molecule has 1 atom stereocenters. The highest BCUT2D eigenvalue weighted by Crippen LogP contribution is 2.42. The molecule has 124 valence electrons. The van der Waals surface area contributed by atoms with Crippen LogP contribution in [0.25, 0.3) is 5.65 Å². The Hall–Kier alpha value is -2.00. The van der Waals surface area contributed by atoms with Crippen molar-refractivity contribution in [2.24, 2.45) is 0 Å². The van der Waals surface area contributed by atoms with Crippen molar-refractivity contribution in [3.63, 3.8) is 0 Å². The lowest BCUT2D eigenvalue weighted by Crippen LogP contribution is -2.30. The molecule has 9 heteroatoms. The molecule has 0 spiro atoms. The molecular weight excluding hydrogens is 324 g/mol. The Morgan fingerprint density at radius 3 is 2.96 bits per heavy atom. The van der Waals surface area contributed by atoms with Crippen molar-refractivity contribution >= 4 is 17.4 Å². The maximum atomic E-state index is 4.55. The first-order valence-corrected chi connectivity index (χ1v) is 9.19. The Labute approximate surface area is 143 Å². The fourth-order valence-electron chi connectivity index (χ4n) is 3.28. The average Bonchev–Trinajstić information content (AvgIpc) is 3.18. The van der Waals surface area contributed by atoms with Gasteiger partial charge in [0, 0.05) is 30.9 Å². The van der Waals surface area contributed by atoms with E-state index in [0.29, 0.717) is 12.0 Å². The molecule has 1 aliphatic carbocycles. The van der Waals surface area contributed by atoms with Crippen LogP contribution in [0.15, 0.2) is 28.9 Å².